The van der Waals surface area contributed by atoms with Crippen LogP contribution in [0.3, 0.4) is 0 Å². The number of hydrogen-bond donors (Lipinski definition) is 1. The Kier molecular flexibility index (Phi) is 5.46. The summed E-state index contributed by atoms with van der Waals surface area (Å²) in [5.41, 5.74) is 2.15. The molecule has 3 rings (SSSR count). The van der Waals surface area contributed by atoms with Gasteiger partial charge in [0, 0.05) is 38.8 Å². The standard InChI is InChI=1S/C19H23N5O2/c1-3-15-6-4-5-7-16(15)22-19(26)17-12-21-18(13-20-17)24-10-8-23(9-11-24)14(2)25/h4-7,12-13H,3,8-11H2,1-2H3,(H,22,26). The van der Waals surface area contributed by atoms with Gasteiger partial charge in [-0.15, -0.1) is 0 Å². The fraction of sp³-hybridized carbons (Fsp3) is 0.368. The number of amides is 2. The number of rotatable bonds is 4. The molecule has 0 unspecified atom stereocenters. The summed E-state index contributed by atoms with van der Waals surface area (Å²) in [6.07, 6.45) is 3.95. The lowest BCUT2D eigenvalue weighted by Gasteiger charge is -2.34. The smallest absolute Gasteiger partial charge is 0.275 e. The topological polar surface area (TPSA) is 78.4 Å². The van der Waals surface area contributed by atoms with E-state index in [9.17, 15) is 9.59 Å². The summed E-state index contributed by atoms with van der Waals surface area (Å²) < 4.78 is 0. The van der Waals surface area contributed by atoms with Gasteiger partial charge in [0.2, 0.25) is 5.91 Å². The highest BCUT2D eigenvalue weighted by Crippen LogP contribution is 2.17. The maximum atomic E-state index is 12.4. The molecule has 26 heavy (non-hydrogen) atoms. The van der Waals surface area contributed by atoms with Crippen LogP contribution in [0.1, 0.15) is 29.9 Å². The normalized spacial score (nSPS) is 14.2. The quantitative estimate of drug-likeness (QED) is 0.909. The number of hydrogen-bond acceptors (Lipinski definition) is 5. The summed E-state index contributed by atoms with van der Waals surface area (Å²) in [5.74, 6) is 0.542. The molecule has 0 bridgehead atoms. The second-order valence-corrected chi connectivity index (χ2v) is 6.22. The molecule has 1 aliphatic heterocycles. The molecule has 1 N–H and O–H groups in total. The first-order valence-electron chi connectivity index (χ1n) is 8.80. The molecule has 7 nitrogen and oxygen atoms in total. The Morgan fingerprint density at radius 1 is 1.08 bits per heavy atom. The van der Waals surface area contributed by atoms with E-state index in [0.29, 0.717) is 26.2 Å². The van der Waals surface area contributed by atoms with E-state index >= 15 is 0 Å². The predicted octanol–water partition coefficient (Wildman–Crippen LogP) is 1.96. The first-order chi connectivity index (χ1) is 12.6. The lowest BCUT2D eigenvalue weighted by Crippen LogP contribution is -2.48. The van der Waals surface area contributed by atoms with Crippen molar-refractivity contribution in [3.8, 4) is 0 Å². The van der Waals surface area contributed by atoms with Crippen molar-refractivity contribution in [3.05, 3.63) is 47.9 Å². The van der Waals surface area contributed by atoms with Gasteiger partial charge >= 0.3 is 0 Å². The minimum absolute atomic E-state index is 0.0927. The SMILES string of the molecule is CCc1ccccc1NC(=O)c1cnc(N2CCN(C(C)=O)CC2)cn1. The Balaban J connectivity index is 1.64. The van der Waals surface area contributed by atoms with E-state index in [-0.39, 0.29) is 17.5 Å². The number of aromatic nitrogens is 2. The van der Waals surface area contributed by atoms with Gasteiger partial charge in [-0.3, -0.25) is 9.59 Å². The molecule has 0 spiro atoms. The average molecular weight is 353 g/mol. The van der Waals surface area contributed by atoms with Gasteiger partial charge in [-0.2, -0.15) is 0 Å². The van der Waals surface area contributed by atoms with Crippen LogP contribution in [-0.4, -0.2) is 52.9 Å². The largest absolute Gasteiger partial charge is 0.352 e. The number of para-hydroxylation sites is 1. The van der Waals surface area contributed by atoms with Crippen molar-refractivity contribution in [1.82, 2.24) is 14.9 Å². The van der Waals surface area contributed by atoms with Crippen molar-refractivity contribution >= 4 is 23.3 Å². The van der Waals surface area contributed by atoms with E-state index in [0.717, 1.165) is 23.5 Å². The molecule has 1 fully saturated rings. The number of aryl methyl sites for hydroxylation is 1. The zero-order chi connectivity index (χ0) is 18.5. The van der Waals surface area contributed by atoms with E-state index in [4.69, 9.17) is 0 Å². The number of carbonyl (C=O) groups excluding carboxylic acids is 2. The van der Waals surface area contributed by atoms with Crippen molar-refractivity contribution in [2.75, 3.05) is 36.4 Å². The van der Waals surface area contributed by atoms with Gasteiger partial charge in [0.05, 0.1) is 12.4 Å². The highest BCUT2D eigenvalue weighted by atomic mass is 16.2. The summed E-state index contributed by atoms with van der Waals surface area (Å²) in [5, 5.41) is 2.90. The van der Waals surface area contributed by atoms with Gasteiger partial charge < -0.3 is 15.1 Å². The Morgan fingerprint density at radius 2 is 1.81 bits per heavy atom. The maximum absolute atomic E-state index is 12.4. The van der Waals surface area contributed by atoms with Crippen LogP contribution in [0.2, 0.25) is 0 Å². The van der Waals surface area contributed by atoms with Crippen LogP contribution in [0.4, 0.5) is 11.5 Å². The van der Waals surface area contributed by atoms with Gasteiger partial charge in [-0.05, 0) is 18.1 Å². The van der Waals surface area contributed by atoms with Gasteiger partial charge in [-0.1, -0.05) is 25.1 Å². The highest BCUT2D eigenvalue weighted by molar-refractivity contribution is 6.03. The molecule has 1 aromatic carbocycles. The monoisotopic (exact) mass is 353 g/mol. The van der Waals surface area contributed by atoms with Crippen molar-refractivity contribution in [3.63, 3.8) is 0 Å². The molecule has 0 radical (unpaired) electrons. The molecule has 0 atom stereocenters. The van der Waals surface area contributed by atoms with Gasteiger partial charge in [0.25, 0.3) is 5.91 Å². The molecular formula is C19H23N5O2. The van der Waals surface area contributed by atoms with Gasteiger partial charge in [0.1, 0.15) is 11.5 Å². The van der Waals surface area contributed by atoms with Crippen LogP contribution in [-0.2, 0) is 11.2 Å². The van der Waals surface area contributed by atoms with Crippen LogP contribution in [0.25, 0.3) is 0 Å². The Bertz CT molecular complexity index is 783. The van der Waals surface area contributed by atoms with Gasteiger partial charge in [0.15, 0.2) is 0 Å². The summed E-state index contributed by atoms with van der Waals surface area (Å²) in [4.78, 5) is 36.3. The maximum Gasteiger partial charge on any atom is 0.275 e. The number of carbonyl (C=O) groups is 2. The van der Waals surface area contributed by atoms with Crippen molar-refractivity contribution < 1.29 is 9.59 Å². The summed E-state index contributed by atoms with van der Waals surface area (Å²) in [6.45, 7) is 6.40. The lowest BCUT2D eigenvalue weighted by atomic mass is 10.1. The molecule has 2 amide bonds. The summed E-state index contributed by atoms with van der Waals surface area (Å²) in [7, 11) is 0. The second-order valence-electron chi connectivity index (χ2n) is 6.22. The number of benzene rings is 1. The van der Waals surface area contributed by atoms with Crippen molar-refractivity contribution in [2.45, 2.75) is 20.3 Å². The number of nitrogens with one attached hydrogen (secondary N) is 1. The third kappa shape index (κ3) is 3.99. The fourth-order valence-corrected chi connectivity index (χ4v) is 2.99. The molecule has 7 heteroatoms. The third-order valence-electron chi connectivity index (χ3n) is 4.57. The van der Waals surface area contributed by atoms with Crippen LogP contribution in [0.15, 0.2) is 36.7 Å². The van der Waals surface area contributed by atoms with E-state index in [1.807, 2.05) is 36.1 Å². The Morgan fingerprint density at radius 3 is 2.42 bits per heavy atom. The number of piperazine rings is 1. The molecule has 136 valence electrons. The fourth-order valence-electron chi connectivity index (χ4n) is 2.99. The molecule has 1 aromatic heterocycles. The van der Waals surface area contributed by atoms with Crippen molar-refractivity contribution in [2.24, 2.45) is 0 Å². The molecule has 0 saturated carbocycles. The van der Waals surface area contributed by atoms with Crippen LogP contribution >= 0.6 is 0 Å². The van der Waals surface area contributed by atoms with Crippen LogP contribution < -0.4 is 10.2 Å². The van der Waals surface area contributed by atoms with E-state index < -0.39 is 0 Å². The number of anilines is 2. The first kappa shape index (κ1) is 17.8. The molecule has 0 aliphatic carbocycles. The number of nitrogens with zero attached hydrogens (tertiary/aromatic N) is 4. The zero-order valence-corrected chi connectivity index (χ0v) is 15.1. The predicted molar refractivity (Wildman–Crippen MR) is 100 cm³/mol. The van der Waals surface area contributed by atoms with Crippen LogP contribution in [0.5, 0.6) is 0 Å². The minimum atomic E-state index is -0.272. The van der Waals surface area contributed by atoms with E-state index in [1.165, 1.54) is 6.20 Å². The molecule has 2 aromatic rings. The van der Waals surface area contributed by atoms with Crippen molar-refractivity contribution in [1.29, 1.82) is 0 Å². The van der Waals surface area contributed by atoms with E-state index in [1.54, 1.807) is 13.1 Å². The molecule has 1 saturated heterocycles. The van der Waals surface area contributed by atoms with E-state index in [2.05, 4.69) is 20.2 Å². The zero-order valence-electron chi connectivity index (χ0n) is 15.1. The Hall–Kier alpha value is -2.96. The average Bonchev–Trinajstić information content (AvgIpc) is 2.68. The van der Waals surface area contributed by atoms with Gasteiger partial charge in [-0.25, -0.2) is 9.97 Å². The molecular weight excluding hydrogens is 330 g/mol. The Labute approximate surface area is 153 Å². The summed E-state index contributed by atoms with van der Waals surface area (Å²) in [6, 6.07) is 7.72. The minimum Gasteiger partial charge on any atom is -0.352 e. The second kappa shape index (κ2) is 7.95. The van der Waals surface area contributed by atoms with Crippen LogP contribution in [0, 0.1) is 0 Å². The molecule has 1 aliphatic rings. The third-order valence-corrected chi connectivity index (χ3v) is 4.57. The molecule has 2 heterocycles. The summed E-state index contributed by atoms with van der Waals surface area (Å²) >= 11 is 0. The lowest BCUT2D eigenvalue weighted by molar-refractivity contribution is -0.129. The highest BCUT2D eigenvalue weighted by Gasteiger charge is 2.20. The first-order valence-corrected chi connectivity index (χ1v) is 8.80.